The lowest BCUT2D eigenvalue weighted by Gasteiger charge is -2.16. The molecule has 26 heavy (non-hydrogen) atoms. The van der Waals surface area contributed by atoms with Crippen molar-refractivity contribution in [2.75, 3.05) is 11.5 Å². The molecule has 1 atom stereocenters. The number of hydrogen-bond donors (Lipinski definition) is 0. The van der Waals surface area contributed by atoms with E-state index >= 15 is 0 Å². The summed E-state index contributed by atoms with van der Waals surface area (Å²) in [6.45, 7) is 4.12. The molecule has 0 aliphatic carbocycles. The van der Waals surface area contributed by atoms with Gasteiger partial charge in [-0.25, -0.2) is 4.90 Å². The molecular formula is C21H21NO4. The maximum Gasteiger partial charge on any atom is 0.309 e. The molecule has 5 nitrogen and oxygen atoms in total. The van der Waals surface area contributed by atoms with Crippen LogP contribution in [0.5, 0.6) is 0 Å². The summed E-state index contributed by atoms with van der Waals surface area (Å²) in [6.07, 6.45) is 1.26. The third-order valence-corrected chi connectivity index (χ3v) is 4.58. The molecule has 0 saturated carbocycles. The molecule has 0 bridgehead atoms. The lowest BCUT2D eigenvalue weighted by atomic mass is 9.97. The van der Waals surface area contributed by atoms with E-state index in [1.54, 1.807) is 43.3 Å². The fraction of sp³-hybridized carbons (Fsp3) is 0.286. The smallest absolute Gasteiger partial charge is 0.309 e. The second-order valence-electron chi connectivity index (χ2n) is 6.22. The van der Waals surface area contributed by atoms with Crippen molar-refractivity contribution in [3.63, 3.8) is 0 Å². The Hall–Kier alpha value is -2.95. The van der Waals surface area contributed by atoms with Crippen molar-refractivity contribution in [1.82, 2.24) is 0 Å². The summed E-state index contributed by atoms with van der Waals surface area (Å²) >= 11 is 0. The molecule has 1 aliphatic heterocycles. The van der Waals surface area contributed by atoms with Crippen LogP contribution in [0.2, 0.25) is 0 Å². The number of rotatable bonds is 6. The van der Waals surface area contributed by atoms with Crippen LogP contribution in [-0.4, -0.2) is 24.4 Å². The Kier molecular flexibility index (Phi) is 5.16. The highest BCUT2D eigenvalue weighted by Gasteiger charge is 2.36. The highest BCUT2D eigenvalue weighted by Crippen LogP contribution is 2.28. The zero-order chi connectivity index (χ0) is 18.7. The summed E-state index contributed by atoms with van der Waals surface area (Å²) in [5.74, 6) is -1.01. The number of benzene rings is 2. The monoisotopic (exact) mass is 351 g/mol. The first-order valence-corrected chi connectivity index (χ1v) is 8.80. The van der Waals surface area contributed by atoms with Gasteiger partial charge in [-0.2, -0.15) is 0 Å². The highest BCUT2D eigenvalue weighted by atomic mass is 16.5. The van der Waals surface area contributed by atoms with E-state index in [1.807, 2.05) is 19.1 Å². The van der Waals surface area contributed by atoms with Crippen LogP contribution in [-0.2, 0) is 16.0 Å². The Morgan fingerprint density at radius 2 is 1.54 bits per heavy atom. The van der Waals surface area contributed by atoms with Gasteiger partial charge in [-0.3, -0.25) is 14.4 Å². The van der Waals surface area contributed by atoms with Crippen molar-refractivity contribution < 1.29 is 19.1 Å². The van der Waals surface area contributed by atoms with Gasteiger partial charge in [0.2, 0.25) is 0 Å². The van der Waals surface area contributed by atoms with Crippen molar-refractivity contribution in [2.24, 2.45) is 5.92 Å². The fourth-order valence-corrected chi connectivity index (χ4v) is 3.14. The summed E-state index contributed by atoms with van der Waals surface area (Å²) in [5, 5.41) is 0. The first-order valence-electron chi connectivity index (χ1n) is 8.80. The van der Waals surface area contributed by atoms with Crippen LogP contribution in [0, 0.1) is 5.92 Å². The first kappa shape index (κ1) is 17.9. The van der Waals surface area contributed by atoms with Crippen molar-refractivity contribution in [2.45, 2.75) is 26.7 Å². The Balaban J connectivity index is 1.77. The number of carbonyl (C=O) groups is 3. The van der Waals surface area contributed by atoms with Crippen LogP contribution in [0.25, 0.3) is 0 Å². The predicted octanol–water partition coefficient (Wildman–Crippen LogP) is 3.62. The Morgan fingerprint density at radius 3 is 2.04 bits per heavy atom. The van der Waals surface area contributed by atoms with Gasteiger partial charge in [0, 0.05) is 0 Å². The maximum absolute atomic E-state index is 12.5. The van der Waals surface area contributed by atoms with Gasteiger partial charge in [-0.05, 0) is 49.6 Å². The lowest BCUT2D eigenvalue weighted by molar-refractivity contribution is -0.148. The number of imide groups is 1. The van der Waals surface area contributed by atoms with Gasteiger partial charge in [-0.1, -0.05) is 31.2 Å². The second kappa shape index (κ2) is 7.52. The van der Waals surface area contributed by atoms with Gasteiger partial charge in [0.25, 0.3) is 11.8 Å². The van der Waals surface area contributed by atoms with E-state index in [4.69, 9.17) is 4.74 Å². The van der Waals surface area contributed by atoms with Crippen LogP contribution < -0.4 is 4.90 Å². The zero-order valence-corrected chi connectivity index (χ0v) is 14.9. The van der Waals surface area contributed by atoms with Crippen LogP contribution >= 0.6 is 0 Å². The molecule has 0 N–H and O–H groups in total. The van der Waals surface area contributed by atoms with E-state index in [0.717, 1.165) is 5.56 Å². The summed E-state index contributed by atoms with van der Waals surface area (Å²) in [6, 6.07) is 14.0. The molecular weight excluding hydrogens is 330 g/mol. The van der Waals surface area contributed by atoms with Gasteiger partial charge >= 0.3 is 5.97 Å². The average Bonchev–Trinajstić information content (AvgIpc) is 2.91. The summed E-state index contributed by atoms with van der Waals surface area (Å²) in [4.78, 5) is 38.2. The van der Waals surface area contributed by atoms with Crippen LogP contribution in [0.3, 0.4) is 0 Å². The van der Waals surface area contributed by atoms with E-state index in [9.17, 15) is 14.4 Å². The molecule has 0 spiro atoms. The number of hydrogen-bond acceptors (Lipinski definition) is 4. The minimum atomic E-state index is -0.309. The number of nitrogens with zero attached hydrogens (tertiary/aromatic N) is 1. The number of amides is 2. The fourth-order valence-electron chi connectivity index (χ4n) is 3.14. The highest BCUT2D eigenvalue weighted by molar-refractivity contribution is 6.34. The minimum Gasteiger partial charge on any atom is -0.466 e. The molecule has 1 heterocycles. The quantitative estimate of drug-likeness (QED) is 0.589. The largest absolute Gasteiger partial charge is 0.466 e. The third kappa shape index (κ3) is 3.25. The molecule has 134 valence electrons. The van der Waals surface area contributed by atoms with Gasteiger partial charge < -0.3 is 4.74 Å². The predicted molar refractivity (Wildman–Crippen MR) is 98.1 cm³/mol. The lowest BCUT2D eigenvalue weighted by Crippen LogP contribution is -2.29. The van der Waals surface area contributed by atoms with E-state index < -0.39 is 0 Å². The van der Waals surface area contributed by atoms with E-state index in [0.29, 0.717) is 36.3 Å². The molecule has 2 amide bonds. The number of carbonyl (C=O) groups excluding carboxylic acids is 3. The molecule has 1 unspecified atom stereocenters. The van der Waals surface area contributed by atoms with E-state index in [2.05, 4.69) is 0 Å². The number of esters is 1. The van der Waals surface area contributed by atoms with Crippen LogP contribution in [0.4, 0.5) is 5.69 Å². The Bertz CT molecular complexity index is 806. The summed E-state index contributed by atoms with van der Waals surface area (Å²) in [7, 11) is 0. The van der Waals surface area contributed by atoms with Crippen LogP contribution in [0.15, 0.2) is 48.5 Å². The SMILES string of the molecule is CCOC(=O)C(CC)Cc1ccc(N2C(=O)c3ccccc3C2=O)cc1. The van der Waals surface area contributed by atoms with Crippen molar-refractivity contribution in [3.8, 4) is 0 Å². The molecule has 2 aromatic carbocycles. The molecule has 0 radical (unpaired) electrons. The summed E-state index contributed by atoms with van der Waals surface area (Å²) in [5.41, 5.74) is 2.35. The molecule has 3 rings (SSSR count). The Labute approximate surface area is 152 Å². The van der Waals surface area contributed by atoms with Gasteiger partial charge in [0.05, 0.1) is 29.3 Å². The van der Waals surface area contributed by atoms with E-state index in [-0.39, 0.29) is 23.7 Å². The molecule has 2 aromatic rings. The van der Waals surface area contributed by atoms with Crippen molar-refractivity contribution >= 4 is 23.5 Å². The van der Waals surface area contributed by atoms with Crippen molar-refractivity contribution in [1.29, 1.82) is 0 Å². The van der Waals surface area contributed by atoms with Crippen molar-refractivity contribution in [3.05, 3.63) is 65.2 Å². The van der Waals surface area contributed by atoms with Crippen LogP contribution in [0.1, 0.15) is 46.5 Å². The van der Waals surface area contributed by atoms with Gasteiger partial charge in [-0.15, -0.1) is 0 Å². The van der Waals surface area contributed by atoms with Gasteiger partial charge in [0.15, 0.2) is 0 Å². The zero-order valence-electron chi connectivity index (χ0n) is 14.9. The molecule has 0 fully saturated rings. The topological polar surface area (TPSA) is 63.7 Å². The summed E-state index contributed by atoms with van der Waals surface area (Å²) < 4.78 is 5.10. The Morgan fingerprint density at radius 1 is 0.962 bits per heavy atom. The second-order valence-corrected chi connectivity index (χ2v) is 6.22. The molecule has 5 heteroatoms. The normalized spacial score (nSPS) is 14.3. The number of anilines is 1. The maximum atomic E-state index is 12.5. The molecule has 0 aromatic heterocycles. The standard InChI is InChI=1S/C21H21NO4/c1-3-15(21(25)26-4-2)13-14-9-11-16(12-10-14)22-19(23)17-7-5-6-8-18(17)20(22)24/h5-12,15H,3-4,13H2,1-2H3. The molecule has 0 saturated heterocycles. The van der Waals surface area contributed by atoms with Gasteiger partial charge in [0.1, 0.15) is 0 Å². The third-order valence-electron chi connectivity index (χ3n) is 4.58. The number of ether oxygens (including phenoxy) is 1. The number of fused-ring (bicyclic) bond motifs is 1. The minimum absolute atomic E-state index is 0.194. The first-order chi connectivity index (χ1) is 12.6. The average molecular weight is 351 g/mol. The molecule has 1 aliphatic rings. The van der Waals surface area contributed by atoms with E-state index in [1.165, 1.54) is 4.90 Å².